The molecule has 1 saturated heterocycles. The van der Waals surface area contributed by atoms with Gasteiger partial charge < -0.3 is 20.1 Å². The van der Waals surface area contributed by atoms with Gasteiger partial charge in [-0.3, -0.25) is 9.78 Å². The van der Waals surface area contributed by atoms with Crippen molar-refractivity contribution >= 4 is 34.3 Å². The molecule has 0 spiro atoms. The molecule has 0 unspecified atom stereocenters. The zero-order valence-corrected chi connectivity index (χ0v) is 20.2. The van der Waals surface area contributed by atoms with Crippen LogP contribution < -0.4 is 20.7 Å². The Bertz CT molecular complexity index is 1200. The Hall–Kier alpha value is -3.46. The fraction of sp³-hybridized carbons (Fsp3) is 0.440. The van der Waals surface area contributed by atoms with E-state index in [-0.39, 0.29) is 18.0 Å². The van der Waals surface area contributed by atoms with Crippen molar-refractivity contribution < 1.29 is 4.79 Å². The summed E-state index contributed by atoms with van der Waals surface area (Å²) < 4.78 is 0. The Labute approximate surface area is 200 Å². The molecule has 0 saturated carbocycles. The molecule has 0 radical (unpaired) electrons. The van der Waals surface area contributed by atoms with Crippen LogP contribution in [0.5, 0.6) is 0 Å². The first-order valence-electron chi connectivity index (χ1n) is 12.0. The van der Waals surface area contributed by atoms with E-state index in [1.807, 2.05) is 29.3 Å². The van der Waals surface area contributed by atoms with Gasteiger partial charge in [-0.25, -0.2) is 10.4 Å². The molecular weight excluding hydrogens is 428 g/mol. The van der Waals surface area contributed by atoms with Crippen LogP contribution in [0.1, 0.15) is 45.0 Å². The highest BCUT2D eigenvalue weighted by Gasteiger charge is 2.30. The molecule has 1 fully saturated rings. The number of nitrogens with one attached hydrogen (secondary N) is 2. The first-order chi connectivity index (χ1) is 16.4. The quantitative estimate of drug-likeness (QED) is 0.600. The van der Waals surface area contributed by atoms with Crippen molar-refractivity contribution in [3.63, 3.8) is 0 Å². The van der Waals surface area contributed by atoms with Gasteiger partial charge in [0.1, 0.15) is 5.69 Å². The molecule has 9 nitrogen and oxygen atoms in total. The van der Waals surface area contributed by atoms with Crippen molar-refractivity contribution in [2.75, 3.05) is 41.4 Å². The van der Waals surface area contributed by atoms with Gasteiger partial charge in [0.25, 0.3) is 0 Å². The average molecular weight is 461 g/mol. The number of pyridine rings is 1. The van der Waals surface area contributed by atoms with Gasteiger partial charge in [-0.1, -0.05) is 18.2 Å². The molecule has 2 aliphatic heterocycles. The summed E-state index contributed by atoms with van der Waals surface area (Å²) in [4.78, 5) is 30.3. The minimum Gasteiger partial charge on any atom is -0.362 e. The van der Waals surface area contributed by atoms with E-state index >= 15 is 0 Å². The Balaban J connectivity index is 1.46. The summed E-state index contributed by atoms with van der Waals surface area (Å²) in [6, 6.07) is 10.6. The number of hydrogen-bond donors (Lipinski definition) is 2. The SMILES string of the molecule is CC(=O)N1CCN(c2nc3c(c(N[C@@H](C)c4cnc5ccccc5c4)n2)N(C(C)C)NC3)CC1. The number of rotatable bonds is 5. The van der Waals surface area contributed by atoms with Crippen LogP contribution in [0.25, 0.3) is 10.9 Å². The Kier molecular flexibility index (Phi) is 5.95. The molecule has 0 aliphatic carbocycles. The van der Waals surface area contributed by atoms with Gasteiger partial charge in [-0.2, -0.15) is 4.98 Å². The predicted octanol–water partition coefficient (Wildman–Crippen LogP) is 3.10. The Morgan fingerprint density at radius 2 is 1.85 bits per heavy atom. The van der Waals surface area contributed by atoms with Crippen molar-refractivity contribution in [2.24, 2.45) is 0 Å². The second kappa shape index (κ2) is 9.06. The van der Waals surface area contributed by atoms with E-state index in [0.717, 1.165) is 46.8 Å². The van der Waals surface area contributed by atoms with Gasteiger partial charge in [0.05, 0.1) is 23.8 Å². The van der Waals surface area contributed by atoms with Crippen molar-refractivity contribution in [3.8, 4) is 0 Å². The molecule has 1 aromatic carbocycles. The maximum atomic E-state index is 11.7. The third-order valence-corrected chi connectivity index (χ3v) is 6.59. The molecule has 34 heavy (non-hydrogen) atoms. The third kappa shape index (κ3) is 4.23. The molecule has 1 amide bonds. The van der Waals surface area contributed by atoms with Crippen LogP contribution in [0.15, 0.2) is 36.5 Å². The van der Waals surface area contributed by atoms with Gasteiger partial charge in [0, 0.05) is 50.7 Å². The van der Waals surface area contributed by atoms with Crippen molar-refractivity contribution in [3.05, 3.63) is 47.8 Å². The van der Waals surface area contributed by atoms with Crippen LogP contribution in [-0.4, -0.2) is 58.0 Å². The number of piperazine rings is 1. The zero-order valence-electron chi connectivity index (χ0n) is 20.2. The lowest BCUT2D eigenvalue weighted by Crippen LogP contribution is -2.48. The molecule has 2 aliphatic rings. The van der Waals surface area contributed by atoms with Crippen LogP contribution in [-0.2, 0) is 11.3 Å². The van der Waals surface area contributed by atoms with E-state index in [1.54, 1.807) is 6.92 Å². The first kappa shape index (κ1) is 22.3. The molecule has 5 rings (SSSR count). The van der Waals surface area contributed by atoms with Gasteiger partial charge >= 0.3 is 0 Å². The van der Waals surface area contributed by atoms with Gasteiger partial charge in [-0.05, 0) is 38.5 Å². The lowest BCUT2D eigenvalue weighted by atomic mass is 10.1. The van der Waals surface area contributed by atoms with Crippen LogP contribution in [0.3, 0.4) is 0 Å². The number of carbonyl (C=O) groups excluding carboxylic acids is 1. The normalized spacial score (nSPS) is 16.8. The largest absolute Gasteiger partial charge is 0.362 e. The second-order valence-electron chi connectivity index (χ2n) is 9.29. The number of carbonyl (C=O) groups is 1. The van der Waals surface area contributed by atoms with E-state index < -0.39 is 0 Å². The summed E-state index contributed by atoms with van der Waals surface area (Å²) >= 11 is 0. The van der Waals surface area contributed by atoms with E-state index in [4.69, 9.17) is 9.97 Å². The monoisotopic (exact) mass is 460 g/mol. The van der Waals surface area contributed by atoms with Crippen LogP contribution >= 0.6 is 0 Å². The molecule has 9 heteroatoms. The number of hydrazine groups is 1. The van der Waals surface area contributed by atoms with Crippen LogP contribution in [0.4, 0.5) is 17.5 Å². The second-order valence-corrected chi connectivity index (χ2v) is 9.29. The lowest BCUT2D eigenvalue weighted by Gasteiger charge is -2.34. The molecule has 2 N–H and O–H groups in total. The standard InChI is InChI=1S/C25H32N8O/c1-16(2)33-23-22(15-27-33)29-25(32-11-9-31(10-12-32)18(4)34)30-24(23)28-17(3)20-13-19-7-5-6-8-21(19)26-14-20/h5-8,13-14,16-17,27H,9-12,15H2,1-4H3,(H,28,29,30)/t17-/m0/s1. The number of para-hydroxylation sites is 1. The number of amides is 1. The summed E-state index contributed by atoms with van der Waals surface area (Å²) in [5, 5.41) is 6.91. The predicted molar refractivity (Wildman–Crippen MR) is 135 cm³/mol. The highest BCUT2D eigenvalue weighted by molar-refractivity contribution is 5.79. The number of aromatic nitrogens is 3. The number of nitrogens with zero attached hydrogens (tertiary/aromatic N) is 6. The molecular formula is C25H32N8O. The molecule has 3 aromatic rings. The smallest absolute Gasteiger partial charge is 0.227 e. The van der Waals surface area contributed by atoms with Crippen LogP contribution in [0.2, 0.25) is 0 Å². The number of hydrogen-bond acceptors (Lipinski definition) is 8. The summed E-state index contributed by atoms with van der Waals surface area (Å²) in [5.41, 5.74) is 7.54. The van der Waals surface area contributed by atoms with Crippen molar-refractivity contribution in [1.82, 2.24) is 25.3 Å². The minimum atomic E-state index is 0.00753. The van der Waals surface area contributed by atoms with Crippen molar-refractivity contribution in [2.45, 2.75) is 46.3 Å². The molecule has 178 valence electrons. The summed E-state index contributed by atoms with van der Waals surface area (Å²) in [6.45, 7) is 11.5. The minimum absolute atomic E-state index is 0.00753. The van der Waals surface area contributed by atoms with E-state index in [1.165, 1.54) is 0 Å². The van der Waals surface area contributed by atoms with Crippen LogP contribution in [0, 0.1) is 0 Å². The van der Waals surface area contributed by atoms with Crippen molar-refractivity contribution in [1.29, 1.82) is 0 Å². The fourth-order valence-corrected chi connectivity index (χ4v) is 4.62. The van der Waals surface area contributed by atoms with Gasteiger partial charge in [0.2, 0.25) is 11.9 Å². The summed E-state index contributed by atoms with van der Waals surface area (Å²) in [7, 11) is 0. The maximum Gasteiger partial charge on any atom is 0.227 e. The highest BCUT2D eigenvalue weighted by atomic mass is 16.2. The van der Waals surface area contributed by atoms with E-state index in [0.29, 0.717) is 25.6 Å². The maximum absolute atomic E-state index is 11.7. The Morgan fingerprint density at radius 1 is 1.09 bits per heavy atom. The molecule has 2 aromatic heterocycles. The molecule has 4 heterocycles. The topological polar surface area (TPSA) is 89.5 Å². The first-order valence-corrected chi connectivity index (χ1v) is 12.0. The van der Waals surface area contributed by atoms with E-state index in [2.05, 4.69) is 58.5 Å². The number of anilines is 3. The summed E-state index contributed by atoms with van der Waals surface area (Å²) in [5.74, 6) is 1.64. The highest BCUT2D eigenvalue weighted by Crippen LogP contribution is 2.36. The summed E-state index contributed by atoms with van der Waals surface area (Å²) in [6.07, 6.45) is 1.93. The molecule has 0 bridgehead atoms. The average Bonchev–Trinajstić information content (AvgIpc) is 3.28. The molecule has 1 atom stereocenters. The van der Waals surface area contributed by atoms with Gasteiger partial charge in [0.15, 0.2) is 5.82 Å². The lowest BCUT2D eigenvalue weighted by molar-refractivity contribution is -0.129. The third-order valence-electron chi connectivity index (χ3n) is 6.59. The number of benzene rings is 1. The van der Waals surface area contributed by atoms with Gasteiger partial charge in [-0.15, -0.1) is 0 Å². The number of fused-ring (bicyclic) bond motifs is 2. The zero-order chi connectivity index (χ0) is 23.8. The Morgan fingerprint density at radius 3 is 2.59 bits per heavy atom. The fourth-order valence-electron chi connectivity index (χ4n) is 4.62. The van der Waals surface area contributed by atoms with E-state index in [9.17, 15) is 4.79 Å².